The van der Waals surface area contributed by atoms with Crippen LogP contribution in [0.5, 0.6) is 5.75 Å². The van der Waals surface area contributed by atoms with E-state index < -0.39 is 34.4 Å². The van der Waals surface area contributed by atoms with Crippen molar-refractivity contribution in [2.24, 2.45) is 5.92 Å². The van der Waals surface area contributed by atoms with Gasteiger partial charge in [-0.25, -0.2) is 8.42 Å². The van der Waals surface area contributed by atoms with Crippen molar-refractivity contribution in [3.63, 3.8) is 0 Å². The van der Waals surface area contributed by atoms with Gasteiger partial charge in [0.15, 0.2) is 12.4 Å². The summed E-state index contributed by atoms with van der Waals surface area (Å²) < 4.78 is 37.4. The Balaban J connectivity index is 2.03. The summed E-state index contributed by atoms with van der Waals surface area (Å²) in [6, 6.07) is 13.0. The number of benzene rings is 2. The first-order valence-electron chi connectivity index (χ1n) is 8.66. The highest BCUT2D eigenvalue weighted by molar-refractivity contribution is 7.89. The molecule has 2 aromatic rings. The molecule has 0 aliphatic heterocycles. The molecule has 7 nitrogen and oxygen atoms in total. The molecule has 28 heavy (non-hydrogen) atoms. The zero-order valence-electron chi connectivity index (χ0n) is 15.9. The Morgan fingerprint density at radius 3 is 2.14 bits per heavy atom. The topological polar surface area (TPSA) is 98.8 Å². The number of rotatable bonds is 9. The van der Waals surface area contributed by atoms with Crippen LogP contribution in [0.3, 0.4) is 0 Å². The van der Waals surface area contributed by atoms with Gasteiger partial charge in [0.2, 0.25) is 10.0 Å². The van der Waals surface area contributed by atoms with Crippen LogP contribution in [0, 0.1) is 5.92 Å². The van der Waals surface area contributed by atoms with Crippen LogP contribution in [-0.2, 0) is 19.6 Å². The Bertz CT molecular complexity index is 907. The first kappa shape index (κ1) is 21.6. The number of Topliss-reactive ketones (excluding diaryl/α,β-unsaturated/α-hetero) is 1. The van der Waals surface area contributed by atoms with Crippen LogP contribution in [0.2, 0.25) is 0 Å². The van der Waals surface area contributed by atoms with Crippen molar-refractivity contribution in [3.8, 4) is 5.75 Å². The van der Waals surface area contributed by atoms with Crippen molar-refractivity contribution < 1.29 is 27.5 Å². The Kier molecular flexibility index (Phi) is 7.31. The van der Waals surface area contributed by atoms with E-state index in [1.54, 1.807) is 56.3 Å². The molecule has 150 valence electrons. The number of ketones is 1. The Hall–Kier alpha value is -2.71. The van der Waals surface area contributed by atoms with Crippen molar-refractivity contribution in [1.29, 1.82) is 0 Å². The average molecular weight is 405 g/mol. The fraction of sp³-hybridized carbons (Fsp3) is 0.300. The highest BCUT2D eigenvalue weighted by Crippen LogP contribution is 2.14. The smallest absolute Gasteiger partial charge is 0.324 e. The quantitative estimate of drug-likeness (QED) is 0.508. The molecule has 0 saturated heterocycles. The van der Waals surface area contributed by atoms with Crippen LogP contribution in [0.1, 0.15) is 24.2 Å². The highest BCUT2D eigenvalue weighted by atomic mass is 32.2. The third-order valence-electron chi connectivity index (χ3n) is 4.01. The summed E-state index contributed by atoms with van der Waals surface area (Å²) in [5.74, 6) is -0.980. The molecule has 0 heterocycles. The summed E-state index contributed by atoms with van der Waals surface area (Å²) in [6.07, 6.45) is 0. The number of esters is 1. The normalized spacial score (nSPS) is 12.4. The Labute approximate surface area is 164 Å². The highest BCUT2D eigenvalue weighted by Gasteiger charge is 2.30. The molecule has 0 spiro atoms. The van der Waals surface area contributed by atoms with Gasteiger partial charge in [0.25, 0.3) is 0 Å². The van der Waals surface area contributed by atoms with Crippen LogP contribution in [0.4, 0.5) is 0 Å². The number of carbonyl (C=O) groups is 2. The summed E-state index contributed by atoms with van der Waals surface area (Å²) in [4.78, 5) is 24.6. The number of hydrogen-bond acceptors (Lipinski definition) is 6. The van der Waals surface area contributed by atoms with Gasteiger partial charge in [0, 0.05) is 5.56 Å². The van der Waals surface area contributed by atoms with Crippen LogP contribution in [0.25, 0.3) is 0 Å². The molecule has 0 radical (unpaired) electrons. The van der Waals surface area contributed by atoms with Crippen molar-refractivity contribution in [1.82, 2.24) is 4.72 Å². The standard InChI is InChI=1S/C20H23NO6S/c1-14(2)19(21-28(24,25)17-7-5-4-6-8-17)20(23)27-13-18(22)15-9-11-16(26-3)12-10-15/h4-12,14,19,21H,13H2,1-3H3/t19-/m0/s1. The number of carbonyl (C=O) groups excluding carboxylic acids is 2. The number of ether oxygens (including phenoxy) is 2. The lowest BCUT2D eigenvalue weighted by molar-refractivity contribution is -0.145. The predicted molar refractivity (Wildman–Crippen MR) is 104 cm³/mol. The maximum absolute atomic E-state index is 12.5. The zero-order chi connectivity index (χ0) is 20.7. The molecule has 0 amide bonds. The second-order valence-corrected chi connectivity index (χ2v) is 8.13. The maximum atomic E-state index is 12.5. The predicted octanol–water partition coefficient (Wildman–Crippen LogP) is 2.42. The van der Waals surface area contributed by atoms with E-state index in [0.29, 0.717) is 11.3 Å². The van der Waals surface area contributed by atoms with E-state index in [2.05, 4.69) is 4.72 Å². The molecule has 0 aliphatic rings. The first-order valence-corrected chi connectivity index (χ1v) is 10.1. The largest absolute Gasteiger partial charge is 0.497 e. The molecule has 1 N–H and O–H groups in total. The van der Waals surface area contributed by atoms with Crippen molar-refractivity contribution in [2.75, 3.05) is 13.7 Å². The van der Waals surface area contributed by atoms with Gasteiger partial charge in [0.05, 0.1) is 12.0 Å². The van der Waals surface area contributed by atoms with Gasteiger partial charge in [-0.3, -0.25) is 9.59 Å². The van der Waals surface area contributed by atoms with Gasteiger partial charge in [0.1, 0.15) is 11.8 Å². The lowest BCUT2D eigenvalue weighted by Crippen LogP contribution is -2.45. The van der Waals surface area contributed by atoms with E-state index in [1.807, 2.05) is 0 Å². The monoisotopic (exact) mass is 405 g/mol. The lowest BCUT2D eigenvalue weighted by Gasteiger charge is -2.20. The van der Waals surface area contributed by atoms with E-state index in [4.69, 9.17) is 9.47 Å². The number of sulfonamides is 1. The van der Waals surface area contributed by atoms with Crippen molar-refractivity contribution >= 4 is 21.8 Å². The van der Waals surface area contributed by atoms with Gasteiger partial charge < -0.3 is 9.47 Å². The fourth-order valence-electron chi connectivity index (χ4n) is 2.38. The van der Waals surface area contributed by atoms with Gasteiger partial charge in [-0.15, -0.1) is 0 Å². The summed E-state index contributed by atoms with van der Waals surface area (Å²) in [5.41, 5.74) is 0.361. The second kappa shape index (κ2) is 9.48. The molecule has 0 aliphatic carbocycles. The van der Waals surface area contributed by atoms with Crippen molar-refractivity contribution in [3.05, 3.63) is 60.2 Å². The van der Waals surface area contributed by atoms with Crippen molar-refractivity contribution in [2.45, 2.75) is 24.8 Å². The zero-order valence-corrected chi connectivity index (χ0v) is 16.7. The third-order valence-corrected chi connectivity index (χ3v) is 5.47. The van der Waals surface area contributed by atoms with Crippen LogP contribution < -0.4 is 9.46 Å². The molecule has 0 unspecified atom stereocenters. The molecule has 0 fully saturated rings. The van der Waals surface area contributed by atoms with Gasteiger partial charge in [-0.05, 0) is 42.3 Å². The summed E-state index contributed by atoms with van der Waals surface area (Å²) >= 11 is 0. The molecular formula is C20H23NO6S. The molecule has 0 aromatic heterocycles. The molecule has 8 heteroatoms. The number of hydrogen-bond donors (Lipinski definition) is 1. The number of nitrogens with one attached hydrogen (secondary N) is 1. The molecule has 1 atom stereocenters. The third kappa shape index (κ3) is 5.64. The SMILES string of the molecule is COc1ccc(C(=O)COC(=O)[C@@H](NS(=O)(=O)c2ccccc2)C(C)C)cc1. The van der Waals surface area contributed by atoms with E-state index in [9.17, 15) is 18.0 Å². The summed E-state index contributed by atoms with van der Waals surface area (Å²) in [5, 5.41) is 0. The van der Waals surface area contributed by atoms with E-state index >= 15 is 0 Å². The summed E-state index contributed by atoms with van der Waals surface area (Å²) in [7, 11) is -2.38. The molecule has 2 rings (SSSR count). The number of methoxy groups -OCH3 is 1. The maximum Gasteiger partial charge on any atom is 0.324 e. The second-order valence-electron chi connectivity index (χ2n) is 6.42. The van der Waals surface area contributed by atoms with E-state index in [1.165, 1.54) is 19.2 Å². The minimum absolute atomic E-state index is 0.0442. The lowest BCUT2D eigenvalue weighted by atomic mass is 10.1. The average Bonchev–Trinajstić information content (AvgIpc) is 2.70. The molecular weight excluding hydrogens is 382 g/mol. The fourth-order valence-corrected chi connectivity index (χ4v) is 3.73. The minimum Gasteiger partial charge on any atom is -0.497 e. The molecule has 2 aromatic carbocycles. The van der Waals surface area contributed by atoms with E-state index in [-0.39, 0.29) is 10.8 Å². The van der Waals surface area contributed by atoms with Gasteiger partial charge in [-0.2, -0.15) is 4.72 Å². The Morgan fingerprint density at radius 1 is 1.00 bits per heavy atom. The Morgan fingerprint density at radius 2 is 1.61 bits per heavy atom. The molecule has 0 saturated carbocycles. The van der Waals surface area contributed by atoms with Crippen LogP contribution >= 0.6 is 0 Å². The minimum atomic E-state index is -3.90. The van der Waals surface area contributed by atoms with Crippen LogP contribution in [0.15, 0.2) is 59.5 Å². The van der Waals surface area contributed by atoms with Gasteiger partial charge in [-0.1, -0.05) is 32.0 Å². The van der Waals surface area contributed by atoms with E-state index in [0.717, 1.165) is 0 Å². The van der Waals surface area contributed by atoms with Gasteiger partial charge >= 0.3 is 5.97 Å². The first-order chi connectivity index (χ1) is 13.2. The summed E-state index contributed by atoms with van der Waals surface area (Å²) in [6.45, 7) is 2.89. The molecule has 0 bridgehead atoms. The van der Waals surface area contributed by atoms with Crippen LogP contribution in [-0.4, -0.2) is 39.9 Å².